The van der Waals surface area contributed by atoms with Crippen molar-refractivity contribution in [2.45, 2.75) is 12.3 Å². The van der Waals surface area contributed by atoms with Gasteiger partial charge in [0, 0.05) is 16.4 Å². The Morgan fingerprint density at radius 1 is 1.31 bits per heavy atom. The van der Waals surface area contributed by atoms with E-state index in [4.69, 9.17) is 21.6 Å². The number of rotatable bonds is 1. The number of hydrogen-bond donors (Lipinski definition) is 0. The number of hydrogen-bond acceptors (Lipinski definition) is 2. The van der Waals surface area contributed by atoms with Crippen molar-refractivity contribution < 1.29 is 4.74 Å². The van der Waals surface area contributed by atoms with E-state index in [1.54, 1.807) is 0 Å². The van der Waals surface area contributed by atoms with Crippen LogP contribution in [0.5, 0.6) is 0 Å². The summed E-state index contributed by atoms with van der Waals surface area (Å²) in [5.74, 6) is 0.480. The first-order valence-corrected chi connectivity index (χ1v) is 5.86. The van der Waals surface area contributed by atoms with Crippen LogP contribution in [0.3, 0.4) is 0 Å². The summed E-state index contributed by atoms with van der Waals surface area (Å²) in [6.45, 7) is 1.61. The molecular weight excluding hydrogens is 222 g/mol. The summed E-state index contributed by atoms with van der Waals surface area (Å²) in [4.78, 5) is 0. The molecule has 0 N–H and O–H groups in total. The quantitative estimate of drug-likeness (QED) is 0.747. The van der Waals surface area contributed by atoms with Gasteiger partial charge in [0.05, 0.1) is 25.2 Å². The molecule has 2 fully saturated rings. The van der Waals surface area contributed by atoms with Crippen LogP contribution < -0.4 is 0 Å². The SMILES string of the molecule is N#CC1CC2(COC2)C1c1ccc(Cl)cc1. The van der Waals surface area contributed by atoms with Crippen LogP contribution >= 0.6 is 11.6 Å². The van der Waals surface area contributed by atoms with Gasteiger partial charge in [0.15, 0.2) is 0 Å². The van der Waals surface area contributed by atoms with Crippen LogP contribution in [0.25, 0.3) is 0 Å². The van der Waals surface area contributed by atoms with Crippen LogP contribution in [0.4, 0.5) is 0 Å². The van der Waals surface area contributed by atoms with E-state index in [1.165, 1.54) is 5.56 Å². The summed E-state index contributed by atoms with van der Waals surface area (Å²) in [6, 6.07) is 10.3. The molecule has 16 heavy (non-hydrogen) atoms. The highest BCUT2D eigenvalue weighted by Crippen LogP contribution is 2.60. The molecule has 1 aromatic carbocycles. The van der Waals surface area contributed by atoms with Gasteiger partial charge in [-0.3, -0.25) is 0 Å². The van der Waals surface area contributed by atoms with Crippen molar-refractivity contribution >= 4 is 11.6 Å². The van der Waals surface area contributed by atoms with Gasteiger partial charge in [0.1, 0.15) is 0 Å². The lowest BCUT2D eigenvalue weighted by Gasteiger charge is -2.58. The van der Waals surface area contributed by atoms with Crippen molar-refractivity contribution in [2.24, 2.45) is 11.3 Å². The molecule has 0 amide bonds. The molecule has 0 bridgehead atoms. The molecule has 0 radical (unpaired) electrons. The molecule has 1 spiro atoms. The summed E-state index contributed by atoms with van der Waals surface area (Å²) in [5.41, 5.74) is 1.47. The van der Waals surface area contributed by atoms with E-state index < -0.39 is 0 Å². The Kier molecular flexibility index (Phi) is 2.20. The summed E-state index contributed by atoms with van der Waals surface area (Å²) in [7, 11) is 0. The van der Waals surface area contributed by atoms with Gasteiger partial charge >= 0.3 is 0 Å². The lowest BCUT2D eigenvalue weighted by molar-refractivity contribution is -0.186. The van der Waals surface area contributed by atoms with Crippen molar-refractivity contribution in [3.8, 4) is 6.07 Å². The average molecular weight is 234 g/mol. The van der Waals surface area contributed by atoms with E-state index in [2.05, 4.69) is 6.07 Å². The second-order valence-electron chi connectivity index (χ2n) is 4.82. The predicted molar refractivity (Wildman–Crippen MR) is 61.2 cm³/mol. The maximum atomic E-state index is 9.11. The Morgan fingerprint density at radius 2 is 2.00 bits per heavy atom. The third-order valence-electron chi connectivity index (χ3n) is 3.86. The molecule has 1 saturated carbocycles. The Hall–Kier alpha value is -1.04. The fourth-order valence-corrected chi connectivity index (χ4v) is 3.11. The number of halogens is 1. The summed E-state index contributed by atoms with van der Waals surface area (Å²) >= 11 is 5.88. The van der Waals surface area contributed by atoms with E-state index in [0.717, 1.165) is 24.7 Å². The first-order chi connectivity index (χ1) is 7.75. The number of ether oxygens (including phenoxy) is 1. The van der Waals surface area contributed by atoms with Crippen molar-refractivity contribution in [1.29, 1.82) is 5.26 Å². The average Bonchev–Trinajstić information content (AvgIpc) is 2.18. The molecule has 1 aliphatic carbocycles. The molecule has 1 aliphatic heterocycles. The Morgan fingerprint density at radius 3 is 2.50 bits per heavy atom. The summed E-state index contributed by atoms with van der Waals surface area (Å²) < 4.78 is 5.31. The Bertz CT molecular complexity index is 444. The number of nitriles is 1. The van der Waals surface area contributed by atoms with Crippen LogP contribution in [-0.2, 0) is 4.74 Å². The molecule has 1 heterocycles. The normalized spacial score (nSPS) is 30.2. The minimum Gasteiger partial charge on any atom is -0.380 e. The Labute approximate surface area is 99.8 Å². The molecule has 0 aromatic heterocycles. The molecular formula is C13H12ClNO. The molecule has 2 unspecified atom stereocenters. The van der Waals surface area contributed by atoms with Crippen LogP contribution in [-0.4, -0.2) is 13.2 Å². The smallest absolute Gasteiger partial charge is 0.0662 e. The van der Waals surface area contributed by atoms with Crippen molar-refractivity contribution in [3.63, 3.8) is 0 Å². The van der Waals surface area contributed by atoms with Gasteiger partial charge in [-0.15, -0.1) is 0 Å². The largest absolute Gasteiger partial charge is 0.380 e. The Balaban J connectivity index is 1.91. The van der Waals surface area contributed by atoms with E-state index in [-0.39, 0.29) is 11.3 Å². The minimum atomic E-state index is 0.144. The minimum absolute atomic E-state index is 0.144. The number of nitrogens with zero attached hydrogens (tertiary/aromatic N) is 1. The second-order valence-corrected chi connectivity index (χ2v) is 5.26. The monoisotopic (exact) mass is 233 g/mol. The van der Waals surface area contributed by atoms with Crippen LogP contribution in [0.1, 0.15) is 17.9 Å². The molecule has 1 aromatic rings. The van der Waals surface area contributed by atoms with Gasteiger partial charge < -0.3 is 4.74 Å². The van der Waals surface area contributed by atoms with Crippen LogP contribution in [0.2, 0.25) is 5.02 Å². The maximum Gasteiger partial charge on any atom is 0.0662 e. The van der Waals surface area contributed by atoms with Crippen molar-refractivity contribution in [2.75, 3.05) is 13.2 Å². The lowest BCUT2D eigenvalue weighted by atomic mass is 9.51. The maximum absolute atomic E-state index is 9.11. The van der Waals surface area contributed by atoms with Crippen LogP contribution in [0, 0.1) is 22.7 Å². The van der Waals surface area contributed by atoms with E-state index in [1.807, 2.05) is 24.3 Å². The summed E-state index contributed by atoms with van der Waals surface area (Å²) in [5, 5.41) is 9.85. The molecule has 3 rings (SSSR count). The molecule has 2 nitrogen and oxygen atoms in total. The van der Waals surface area contributed by atoms with Gasteiger partial charge in [-0.2, -0.15) is 5.26 Å². The molecule has 1 saturated heterocycles. The third kappa shape index (κ3) is 1.29. The zero-order chi connectivity index (χ0) is 11.2. The van der Waals surface area contributed by atoms with Gasteiger partial charge in [-0.05, 0) is 24.1 Å². The highest BCUT2D eigenvalue weighted by molar-refractivity contribution is 6.30. The molecule has 3 heteroatoms. The predicted octanol–water partition coefficient (Wildman–Crippen LogP) is 2.98. The lowest BCUT2D eigenvalue weighted by Crippen LogP contribution is -2.57. The topological polar surface area (TPSA) is 33.0 Å². The van der Waals surface area contributed by atoms with Gasteiger partial charge in [-0.25, -0.2) is 0 Å². The fraction of sp³-hybridized carbons (Fsp3) is 0.462. The van der Waals surface area contributed by atoms with E-state index in [0.29, 0.717) is 5.92 Å². The summed E-state index contributed by atoms with van der Waals surface area (Å²) in [6.07, 6.45) is 0.983. The highest BCUT2D eigenvalue weighted by Gasteiger charge is 2.58. The molecule has 2 atom stereocenters. The van der Waals surface area contributed by atoms with E-state index in [9.17, 15) is 0 Å². The van der Waals surface area contributed by atoms with Gasteiger partial charge in [0.2, 0.25) is 0 Å². The van der Waals surface area contributed by atoms with Gasteiger partial charge in [0.25, 0.3) is 0 Å². The zero-order valence-corrected chi connectivity index (χ0v) is 9.57. The fourth-order valence-electron chi connectivity index (χ4n) is 2.99. The van der Waals surface area contributed by atoms with Crippen molar-refractivity contribution in [1.82, 2.24) is 0 Å². The second kappa shape index (κ2) is 3.48. The third-order valence-corrected chi connectivity index (χ3v) is 4.11. The molecule has 2 aliphatic rings. The first kappa shape index (κ1) is 10.1. The van der Waals surface area contributed by atoms with Crippen LogP contribution in [0.15, 0.2) is 24.3 Å². The zero-order valence-electron chi connectivity index (χ0n) is 8.82. The van der Waals surface area contributed by atoms with Gasteiger partial charge in [-0.1, -0.05) is 23.7 Å². The molecule has 82 valence electrons. The van der Waals surface area contributed by atoms with E-state index >= 15 is 0 Å². The highest BCUT2D eigenvalue weighted by atomic mass is 35.5. The number of benzene rings is 1. The standard InChI is InChI=1S/C13H12ClNO/c14-11-3-1-9(2-4-11)12-10(6-15)5-13(12)7-16-8-13/h1-4,10,12H,5,7-8H2. The first-order valence-electron chi connectivity index (χ1n) is 5.48. The van der Waals surface area contributed by atoms with Crippen molar-refractivity contribution in [3.05, 3.63) is 34.9 Å².